The fourth-order valence-corrected chi connectivity index (χ4v) is 2.66. The lowest BCUT2D eigenvalue weighted by Gasteiger charge is -2.33. The Balaban J connectivity index is 1.69. The van der Waals surface area contributed by atoms with Gasteiger partial charge < -0.3 is 15.3 Å². The molecule has 0 radical (unpaired) electrons. The molecule has 2 amide bonds. The molecule has 1 aliphatic heterocycles. The lowest BCUT2D eigenvalue weighted by molar-refractivity contribution is 0.0799. The average molecular weight is 294 g/mol. The molecule has 2 rings (SSSR count). The van der Waals surface area contributed by atoms with Gasteiger partial charge in [-0.3, -0.25) is 0 Å². The zero-order valence-corrected chi connectivity index (χ0v) is 12.4. The summed E-state index contributed by atoms with van der Waals surface area (Å²) in [5, 5.41) is 12.4. The third-order valence-electron chi connectivity index (χ3n) is 4.11. The van der Waals surface area contributed by atoms with Gasteiger partial charge in [0.1, 0.15) is 5.82 Å². The Morgan fingerprint density at radius 2 is 2.00 bits per heavy atom. The number of rotatable bonds is 4. The van der Waals surface area contributed by atoms with E-state index in [0.29, 0.717) is 32.0 Å². The first kappa shape index (κ1) is 15.8. The molecule has 0 saturated carbocycles. The molecule has 1 heterocycles. The van der Waals surface area contributed by atoms with E-state index in [0.717, 1.165) is 18.4 Å². The van der Waals surface area contributed by atoms with Gasteiger partial charge >= 0.3 is 6.03 Å². The van der Waals surface area contributed by atoms with Crippen molar-refractivity contribution in [3.05, 3.63) is 35.6 Å². The first-order valence-electron chi connectivity index (χ1n) is 7.51. The summed E-state index contributed by atoms with van der Waals surface area (Å²) in [7, 11) is 0. The number of aliphatic hydroxyl groups is 1. The highest BCUT2D eigenvalue weighted by Crippen LogP contribution is 2.20. The normalized spacial score (nSPS) is 17.6. The standard InChI is InChI=1S/C16H23FN2O2/c1-12(20)14-7-10-19(11-8-14)16(21)18-9-6-13-2-4-15(17)5-3-13/h2-5,12,14,20H,6-11H2,1H3,(H,18,21). The third kappa shape index (κ3) is 4.70. The molecule has 0 spiro atoms. The van der Waals surface area contributed by atoms with Gasteiger partial charge in [0.25, 0.3) is 0 Å². The van der Waals surface area contributed by atoms with Crippen molar-refractivity contribution in [2.75, 3.05) is 19.6 Å². The van der Waals surface area contributed by atoms with Crippen molar-refractivity contribution in [2.24, 2.45) is 5.92 Å². The molecule has 0 aliphatic carbocycles. The summed E-state index contributed by atoms with van der Waals surface area (Å²) >= 11 is 0. The zero-order chi connectivity index (χ0) is 15.2. The summed E-state index contributed by atoms with van der Waals surface area (Å²) in [4.78, 5) is 13.8. The van der Waals surface area contributed by atoms with E-state index in [1.54, 1.807) is 17.0 Å². The van der Waals surface area contributed by atoms with Crippen molar-refractivity contribution in [2.45, 2.75) is 32.3 Å². The third-order valence-corrected chi connectivity index (χ3v) is 4.11. The van der Waals surface area contributed by atoms with Gasteiger partial charge in [-0.05, 0) is 49.8 Å². The number of carbonyl (C=O) groups excluding carboxylic acids is 1. The second-order valence-corrected chi connectivity index (χ2v) is 5.67. The lowest BCUT2D eigenvalue weighted by atomic mass is 9.92. The van der Waals surface area contributed by atoms with Crippen LogP contribution in [0.3, 0.4) is 0 Å². The van der Waals surface area contributed by atoms with Crippen LogP contribution in [0, 0.1) is 11.7 Å². The monoisotopic (exact) mass is 294 g/mol. The number of likely N-dealkylation sites (tertiary alicyclic amines) is 1. The highest BCUT2D eigenvalue weighted by molar-refractivity contribution is 5.74. The number of benzene rings is 1. The SMILES string of the molecule is CC(O)C1CCN(C(=O)NCCc2ccc(F)cc2)CC1. The fraction of sp³-hybridized carbons (Fsp3) is 0.562. The number of nitrogens with one attached hydrogen (secondary N) is 1. The molecule has 1 fully saturated rings. The Kier molecular flexibility index (Phi) is 5.56. The Morgan fingerprint density at radius 1 is 1.38 bits per heavy atom. The molecule has 21 heavy (non-hydrogen) atoms. The Labute approximate surface area is 125 Å². The summed E-state index contributed by atoms with van der Waals surface area (Å²) in [5.41, 5.74) is 1.00. The maximum atomic E-state index is 12.8. The van der Waals surface area contributed by atoms with E-state index < -0.39 is 0 Å². The smallest absolute Gasteiger partial charge is 0.317 e. The molecular weight excluding hydrogens is 271 g/mol. The highest BCUT2D eigenvalue weighted by atomic mass is 19.1. The zero-order valence-electron chi connectivity index (χ0n) is 12.4. The van der Waals surface area contributed by atoms with Gasteiger partial charge in [0.05, 0.1) is 6.10 Å². The summed E-state index contributed by atoms with van der Waals surface area (Å²) in [6.45, 7) is 3.74. The van der Waals surface area contributed by atoms with E-state index in [9.17, 15) is 14.3 Å². The van der Waals surface area contributed by atoms with Crippen LogP contribution in [0.5, 0.6) is 0 Å². The maximum absolute atomic E-state index is 12.8. The van der Waals surface area contributed by atoms with Crippen molar-refractivity contribution < 1.29 is 14.3 Å². The molecule has 1 aromatic rings. The first-order chi connectivity index (χ1) is 10.1. The molecule has 2 N–H and O–H groups in total. The Hall–Kier alpha value is -1.62. The topological polar surface area (TPSA) is 52.6 Å². The number of urea groups is 1. The van der Waals surface area contributed by atoms with Gasteiger partial charge in [0.2, 0.25) is 0 Å². The Morgan fingerprint density at radius 3 is 2.57 bits per heavy atom. The second-order valence-electron chi connectivity index (χ2n) is 5.67. The quantitative estimate of drug-likeness (QED) is 0.894. The van der Waals surface area contributed by atoms with Crippen molar-refractivity contribution in [3.8, 4) is 0 Å². The maximum Gasteiger partial charge on any atom is 0.317 e. The minimum absolute atomic E-state index is 0.0545. The first-order valence-corrected chi connectivity index (χ1v) is 7.51. The van der Waals surface area contributed by atoms with Gasteiger partial charge in [-0.25, -0.2) is 9.18 Å². The average Bonchev–Trinajstić information content (AvgIpc) is 2.49. The second kappa shape index (κ2) is 7.41. The van der Waals surface area contributed by atoms with Crippen LogP contribution in [0.2, 0.25) is 0 Å². The van der Waals surface area contributed by atoms with E-state index in [-0.39, 0.29) is 18.0 Å². The lowest BCUT2D eigenvalue weighted by Crippen LogP contribution is -2.46. The predicted octanol–water partition coefficient (Wildman–Crippen LogP) is 2.17. The van der Waals surface area contributed by atoms with E-state index in [2.05, 4.69) is 5.32 Å². The van der Waals surface area contributed by atoms with Gasteiger partial charge in [0.15, 0.2) is 0 Å². The van der Waals surface area contributed by atoms with Crippen molar-refractivity contribution in [1.29, 1.82) is 0 Å². The number of piperidine rings is 1. The molecule has 1 aliphatic rings. The molecule has 0 bridgehead atoms. The van der Waals surface area contributed by atoms with E-state index >= 15 is 0 Å². The summed E-state index contributed by atoms with van der Waals surface area (Å²) in [5.74, 6) is 0.0528. The Bertz CT molecular complexity index is 454. The molecule has 1 saturated heterocycles. The molecule has 5 heteroatoms. The van der Waals surface area contributed by atoms with Crippen LogP contribution in [0.15, 0.2) is 24.3 Å². The summed E-state index contributed by atoms with van der Waals surface area (Å²) in [6.07, 6.45) is 2.09. The van der Waals surface area contributed by atoms with Crippen LogP contribution < -0.4 is 5.32 Å². The van der Waals surface area contributed by atoms with E-state index in [1.807, 2.05) is 6.92 Å². The number of carbonyl (C=O) groups is 1. The number of aliphatic hydroxyl groups excluding tert-OH is 1. The van der Waals surface area contributed by atoms with Crippen LogP contribution in [0.25, 0.3) is 0 Å². The van der Waals surface area contributed by atoms with Crippen LogP contribution in [-0.4, -0.2) is 41.8 Å². The largest absolute Gasteiger partial charge is 0.393 e. The number of hydrogen-bond donors (Lipinski definition) is 2. The number of hydrogen-bond acceptors (Lipinski definition) is 2. The number of nitrogens with zero attached hydrogens (tertiary/aromatic N) is 1. The van der Waals surface area contributed by atoms with E-state index in [1.165, 1.54) is 12.1 Å². The molecule has 1 atom stereocenters. The summed E-state index contributed by atoms with van der Waals surface area (Å²) < 4.78 is 12.8. The van der Waals surface area contributed by atoms with E-state index in [4.69, 9.17) is 0 Å². The van der Waals surface area contributed by atoms with Crippen molar-refractivity contribution >= 4 is 6.03 Å². The molecular formula is C16H23FN2O2. The van der Waals surface area contributed by atoms with Gasteiger partial charge in [-0.2, -0.15) is 0 Å². The predicted molar refractivity (Wildman–Crippen MR) is 79.5 cm³/mol. The molecule has 1 aromatic carbocycles. The number of halogens is 1. The van der Waals surface area contributed by atoms with Crippen LogP contribution in [0.1, 0.15) is 25.3 Å². The van der Waals surface area contributed by atoms with Gasteiger partial charge in [-0.15, -0.1) is 0 Å². The van der Waals surface area contributed by atoms with Crippen LogP contribution in [-0.2, 0) is 6.42 Å². The van der Waals surface area contributed by atoms with Crippen molar-refractivity contribution in [1.82, 2.24) is 10.2 Å². The molecule has 1 unspecified atom stereocenters. The molecule has 116 valence electrons. The highest BCUT2D eigenvalue weighted by Gasteiger charge is 2.25. The molecule has 4 nitrogen and oxygen atoms in total. The van der Waals surface area contributed by atoms with Crippen LogP contribution in [0.4, 0.5) is 9.18 Å². The molecule has 0 aromatic heterocycles. The minimum Gasteiger partial charge on any atom is -0.393 e. The van der Waals surface area contributed by atoms with Crippen LogP contribution >= 0.6 is 0 Å². The van der Waals surface area contributed by atoms with Crippen molar-refractivity contribution in [3.63, 3.8) is 0 Å². The number of amides is 2. The van der Waals surface area contributed by atoms with Gasteiger partial charge in [0, 0.05) is 19.6 Å². The minimum atomic E-state index is -0.298. The summed E-state index contributed by atoms with van der Waals surface area (Å²) in [6, 6.07) is 6.27. The van der Waals surface area contributed by atoms with Gasteiger partial charge in [-0.1, -0.05) is 12.1 Å². The fourth-order valence-electron chi connectivity index (χ4n) is 2.66.